The van der Waals surface area contributed by atoms with Crippen molar-refractivity contribution in [2.75, 3.05) is 32.8 Å². The maximum atomic E-state index is 12.2. The molecule has 0 aromatic heterocycles. The van der Waals surface area contributed by atoms with Crippen LogP contribution in [0.15, 0.2) is 24.3 Å². The molecule has 7 heteroatoms. The smallest absolute Gasteiger partial charge is 0.260 e. The molecule has 0 spiro atoms. The lowest BCUT2D eigenvalue weighted by Gasteiger charge is -2.32. The van der Waals surface area contributed by atoms with Gasteiger partial charge in [-0.25, -0.2) is 0 Å². The molecule has 0 atom stereocenters. The van der Waals surface area contributed by atoms with Crippen LogP contribution < -0.4 is 10.5 Å². The third kappa shape index (κ3) is 6.55. The minimum atomic E-state index is -0.0136. The predicted molar refractivity (Wildman–Crippen MR) is 93.4 cm³/mol. The number of likely N-dealkylation sites (tertiary alicyclic amines) is 1. The summed E-state index contributed by atoms with van der Waals surface area (Å²) in [6.07, 6.45) is 2.84. The zero-order valence-corrected chi connectivity index (χ0v) is 14.7. The fourth-order valence-corrected chi connectivity index (χ4v) is 2.59. The third-order valence-corrected chi connectivity index (χ3v) is 4.00. The molecule has 0 aliphatic carbocycles. The molecular weight excluding hydrogens is 339 g/mol. The van der Waals surface area contributed by atoms with Crippen LogP contribution in [-0.4, -0.2) is 49.8 Å². The first kappa shape index (κ1) is 20.0. The summed E-state index contributed by atoms with van der Waals surface area (Å²) in [4.78, 5) is 14.0. The van der Waals surface area contributed by atoms with Crippen LogP contribution in [0.25, 0.3) is 0 Å². The molecule has 0 unspecified atom stereocenters. The van der Waals surface area contributed by atoms with E-state index in [0.717, 1.165) is 19.3 Å². The maximum Gasteiger partial charge on any atom is 0.260 e. The Hall–Kier alpha value is -1.01. The molecule has 2 N–H and O–H groups in total. The summed E-state index contributed by atoms with van der Waals surface area (Å²) < 4.78 is 11.2. The number of amides is 1. The van der Waals surface area contributed by atoms with Gasteiger partial charge in [-0.05, 0) is 37.9 Å². The number of benzene rings is 1. The highest BCUT2D eigenvalue weighted by molar-refractivity contribution is 6.32. The van der Waals surface area contributed by atoms with E-state index in [0.29, 0.717) is 37.0 Å². The van der Waals surface area contributed by atoms with Crippen molar-refractivity contribution in [3.05, 3.63) is 29.3 Å². The third-order valence-electron chi connectivity index (χ3n) is 3.68. The number of hydrogen-bond acceptors (Lipinski definition) is 4. The molecule has 5 nitrogen and oxygen atoms in total. The van der Waals surface area contributed by atoms with Crippen molar-refractivity contribution >= 4 is 29.9 Å². The molecule has 0 saturated carbocycles. The van der Waals surface area contributed by atoms with Gasteiger partial charge in [-0.2, -0.15) is 0 Å². The number of nitrogens with two attached hydrogens (primary N) is 1. The molecule has 2 rings (SSSR count). The Labute approximate surface area is 148 Å². The van der Waals surface area contributed by atoms with Gasteiger partial charge in [0, 0.05) is 19.7 Å². The van der Waals surface area contributed by atoms with E-state index in [4.69, 9.17) is 26.8 Å². The number of carbonyl (C=O) groups excluding carboxylic acids is 1. The van der Waals surface area contributed by atoms with E-state index >= 15 is 0 Å². The van der Waals surface area contributed by atoms with Gasteiger partial charge in [0.15, 0.2) is 6.61 Å². The van der Waals surface area contributed by atoms with Gasteiger partial charge >= 0.3 is 0 Å². The average Bonchev–Trinajstić information content (AvgIpc) is 2.55. The number of para-hydroxylation sites is 1. The van der Waals surface area contributed by atoms with Crippen molar-refractivity contribution in [3.63, 3.8) is 0 Å². The topological polar surface area (TPSA) is 64.8 Å². The zero-order valence-electron chi connectivity index (χ0n) is 13.1. The van der Waals surface area contributed by atoms with Crippen LogP contribution in [-0.2, 0) is 9.53 Å². The van der Waals surface area contributed by atoms with E-state index in [1.807, 2.05) is 17.0 Å². The zero-order chi connectivity index (χ0) is 15.8. The van der Waals surface area contributed by atoms with Gasteiger partial charge in [0.05, 0.1) is 11.1 Å². The second kappa shape index (κ2) is 10.7. The quantitative estimate of drug-likeness (QED) is 0.756. The molecule has 130 valence electrons. The first-order valence-electron chi connectivity index (χ1n) is 7.67. The summed E-state index contributed by atoms with van der Waals surface area (Å²) in [5, 5.41) is 0.516. The number of rotatable bonds is 7. The summed E-state index contributed by atoms with van der Waals surface area (Å²) in [6.45, 7) is 2.78. The Morgan fingerprint density at radius 1 is 1.30 bits per heavy atom. The van der Waals surface area contributed by atoms with Crippen LogP contribution in [0, 0.1) is 0 Å². The van der Waals surface area contributed by atoms with Crippen LogP contribution >= 0.6 is 24.0 Å². The summed E-state index contributed by atoms with van der Waals surface area (Å²) in [5.74, 6) is 0.526. The lowest BCUT2D eigenvalue weighted by Crippen LogP contribution is -2.43. The van der Waals surface area contributed by atoms with Crippen LogP contribution in [0.2, 0.25) is 5.02 Å². The number of carbonyl (C=O) groups is 1. The van der Waals surface area contributed by atoms with Gasteiger partial charge in [0.25, 0.3) is 5.91 Å². The fourth-order valence-electron chi connectivity index (χ4n) is 2.40. The van der Waals surface area contributed by atoms with Crippen molar-refractivity contribution in [1.82, 2.24) is 4.90 Å². The molecule has 1 amide bonds. The first-order valence-corrected chi connectivity index (χ1v) is 8.05. The number of hydrogen-bond donors (Lipinski definition) is 1. The molecule has 23 heavy (non-hydrogen) atoms. The minimum Gasteiger partial charge on any atom is -0.482 e. The predicted octanol–water partition coefficient (Wildman–Crippen LogP) is 2.50. The van der Waals surface area contributed by atoms with Crippen LogP contribution in [0.4, 0.5) is 0 Å². The van der Waals surface area contributed by atoms with Crippen LogP contribution in [0.5, 0.6) is 5.75 Å². The molecule has 1 heterocycles. The summed E-state index contributed by atoms with van der Waals surface area (Å²) in [6, 6.07) is 7.15. The molecule has 1 saturated heterocycles. The van der Waals surface area contributed by atoms with E-state index in [1.54, 1.807) is 12.1 Å². The largest absolute Gasteiger partial charge is 0.482 e. The molecule has 0 radical (unpaired) electrons. The Balaban J connectivity index is 0.00000264. The first-order chi connectivity index (χ1) is 10.7. The highest BCUT2D eigenvalue weighted by Crippen LogP contribution is 2.23. The highest BCUT2D eigenvalue weighted by Gasteiger charge is 2.23. The minimum absolute atomic E-state index is 0. The van der Waals surface area contributed by atoms with E-state index in [1.165, 1.54) is 0 Å². The van der Waals surface area contributed by atoms with Crippen molar-refractivity contribution in [3.8, 4) is 5.75 Å². The molecule has 1 fully saturated rings. The van der Waals surface area contributed by atoms with Gasteiger partial charge in [0.2, 0.25) is 0 Å². The molecule has 0 bridgehead atoms. The fraction of sp³-hybridized carbons (Fsp3) is 0.562. The number of nitrogens with zero attached hydrogens (tertiary/aromatic N) is 1. The molecule has 1 aliphatic heterocycles. The van der Waals surface area contributed by atoms with Gasteiger partial charge in [-0.1, -0.05) is 23.7 Å². The number of halogens is 2. The van der Waals surface area contributed by atoms with Crippen molar-refractivity contribution in [2.45, 2.75) is 25.4 Å². The van der Waals surface area contributed by atoms with Crippen molar-refractivity contribution < 1.29 is 14.3 Å². The standard InChI is InChI=1S/C16H23ClN2O3.ClH/c17-14-4-1-2-5-15(14)22-12-16(20)19-9-6-13(7-10-19)21-11-3-8-18;/h1-2,4-5,13H,3,6-12,18H2;1H. The number of piperidine rings is 1. The lowest BCUT2D eigenvalue weighted by molar-refractivity contribution is -0.136. The van der Waals surface area contributed by atoms with E-state index < -0.39 is 0 Å². The Morgan fingerprint density at radius 3 is 2.65 bits per heavy atom. The number of ether oxygens (including phenoxy) is 2. The van der Waals surface area contributed by atoms with Crippen LogP contribution in [0.1, 0.15) is 19.3 Å². The van der Waals surface area contributed by atoms with E-state index in [2.05, 4.69) is 0 Å². The Morgan fingerprint density at radius 2 is 2.00 bits per heavy atom. The molecule has 1 aromatic carbocycles. The summed E-state index contributed by atoms with van der Waals surface area (Å²) in [5.41, 5.74) is 5.44. The second-order valence-corrected chi connectivity index (χ2v) is 5.72. The summed E-state index contributed by atoms with van der Waals surface area (Å²) >= 11 is 6.00. The van der Waals surface area contributed by atoms with Crippen LogP contribution in [0.3, 0.4) is 0 Å². The normalized spacial score (nSPS) is 15.1. The van der Waals surface area contributed by atoms with Crippen molar-refractivity contribution in [1.29, 1.82) is 0 Å². The SMILES string of the molecule is Cl.NCCCOC1CCN(C(=O)COc2ccccc2Cl)CC1. The van der Waals surface area contributed by atoms with Gasteiger partial charge in [-0.3, -0.25) is 4.79 Å². The van der Waals surface area contributed by atoms with Crippen molar-refractivity contribution in [2.24, 2.45) is 5.73 Å². The lowest BCUT2D eigenvalue weighted by atomic mass is 10.1. The Kier molecular flexibility index (Phi) is 9.33. The maximum absolute atomic E-state index is 12.2. The highest BCUT2D eigenvalue weighted by atomic mass is 35.5. The Bertz CT molecular complexity index is 480. The van der Waals surface area contributed by atoms with Gasteiger partial charge in [-0.15, -0.1) is 12.4 Å². The monoisotopic (exact) mass is 362 g/mol. The molecular formula is C16H24Cl2N2O3. The van der Waals surface area contributed by atoms with Gasteiger partial charge in [0.1, 0.15) is 5.75 Å². The van der Waals surface area contributed by atoms with E-state index in [9.17, 15) is 4.79 Å². The summed E-state index contributed by atoms with van der Waals surface area (Å²) in [7, 11) is 0. The second-order valence-electron chi connectivity index (χ2n) is 5.31. The molecule has 1 aliphatic rings. The van der Waals surface area contributed by atoms with Gasteiger partial charge < -0.3 is 20.1 Å². The average molecular weight is 363 g/mol. The molecule has 1 aromatic rings. The van der Waals surface area contributed by atoms with E-state index in [-0.39, 0.29) is 31.0 Å².